The highest BCUT2D eigenvalue weighted by molar-refractivity contribution is 5.62. The van der Waals surface area contributed by atoms with Gasteiger partial charge in [0, 0.05) is 6.21 Å². The number of nitrogens with zero attached hydrogens (tertiary/aromatic N) is 3. The lowest BCUT2D eigenvalue weighted by atomic mass is 10.1. The molecule has 0 saturated heterocycles. The highest BCUT2D eigenvalue weighted by atomic mass is 14.9. The van der Waals surface area contributed by atoms with Crippen LogP contribution in [-0.2, 0) is 6.42 Å². The largest absolute Gasteiger partial charge is 0.258 e. The molecule has 0 aromatic carbocycles. The molecule has 0 amide bonds. The standard InChI is InChI=1S/C11H17N3/c1-5-12-11-9(4)13-7-14-10(11)6-8(2)3/h5,7-8H,6H2,1-4H3. The molecule has 0 fully saturated rings. The molecule has 1 heterocycles. The molecular formula is C11H17N3. The van der Waals surface area contributed by atoms with E-state index in [9.17, 15) is 0 Å². The van der Waals surface area contributed by atoms with Crippen LogP contribution in [0.25, 0.3) is 0 Å². The van der Waals surface area contributed by atoms with E-state index in [0.29, 0.717) is 5.92 Å². The number of rotatable bonds is 3. The Kier molecular flexibility index (Phi) is 3.74. The van der Waals surface area contributed by atoms with Crippen molar-refractivity contribution in [3.8, 4) is 0 Å². The van der Waals surface area contributed by atoms with Gasteiger partial charge in [-0.05, 0) is 26.2 Å². The van der Waals surface area contributed by atoms with Crippen molar-refractivity contribution in [2.45, 2.75) is 34.1 Å². The molecule has 14 heavy (non-hydrogen) atoms. The van der Waals surface area contributed by atoms with E-state index in [0.717, 1.165) is 23.5 Å². The Morgan fingerprint density at radius 3 is 2.71 bits per heavy atom. The summed E-state index contributed by atoms with van der Waals surface area (Å²) in [4.78, 5) is 12.7. The van der Waals surface area contributed by atoms with Crippen molar-refractivity contribution in [1.82, 2.24) is 9.97 Å². The van der Waals surface area contributed by atoms with E-state index in [-0.39, 0.29) is 0 Å². The van der Waals surface area contributed by atoms with Gasteiger partial charge in [0.1, 0.15) is 12.0 Å². The smallest absolute Gasteiger partial charge is 0.116 e. The Bertz CT molecular complexity index is 329. The Balaban J connectivity index is 3.07. The lowest BCUT2D eigenvalue weighted by Gasteiger charge is -2.08. The van der Waals surface area contributed by atoms with Crippen LogP contribution in [0.1, 0.15) is 32.2 Å². The fraction of sp³-hybridized carbons (Fsp3) is 0.545. The monoisotopic (exact) mass is 191 g/mol. The number of aryl methyl sites for hydroxylation is 1. The molecular weight excluding hydrogens is 174 g/mol. The third-order valence-electron chi connectivity index (χ3n) is 1.94. The topological polar surface area (TPSA) is 38.1 Å². The summed E-state index contributed by atoms with van der Waals surface area (Å²) in [5, 5.41) is 0. The molecule has 0 aliphatic heterocycles. The van der Waals surface area contributed by atoms with Gasteiger partial charge in [0.05, 0.1) is 11.4 Å². The van der Waals surface area contributed by atoms with E-state index >= 15 is 0 Å². The van der Waals surface area contributed by atoms with Gasteiger partial charge >= 0.3 is 0 Å². The summed E-state index contributed by atoms with van der Waals surface area (Å²) in [5.74, 6) is 0.593. The highest BCUT2D eigenvalue weighted by Crippen LogP contribution is 2.21. The molecule has 0 unspecified atom stereocenters. The van der Waals surface area contributed by atoms with Crippen LogP contribution in [0.4, 0.5) is 5.69 Å². The van der Waals surface area contributed by atoms with Crippen molar-refractivity contribution in [2.24, 2.45) is 10.9 Å². The fourth-order valence-electron chi connectivity index (χ4n) is 1.35. The maximum absolute atomic E-state index is 4.31. The number of aromatic nitrogens is 2. The lowest BCUT2D eigenvalue weighted by molar-refractivity contribution is 0.634. The molecule has 0 aliphatic rings. The molecule has 1 rings (SSSR count). The van der Waals surface area contributed by atoms with Crippen LogP contribution in [0.15, 0.2) is 11.3 Å². The highest BCUT2D eigenvalue weighted by Gasteiger charge is 2.08. The summed E-state index contributed by atoms with van der Waals surface area (Å²) in [6, 6.07) is 0. The van der Waals surface area contributed by atoms with Crippen molar-refractivity contribution in [1.29, 1.82) is 0 Å². The van der Waals surface area contributed by atoms with E-state index in [4.69, 9.17) is 0 Å². The number of hydrogen-bond acceptors (Lipinski definition) is 3. The third kappa shape index (κ3) is 2.62. The van der Waals surface area contributed by atoms with E-state index in [1.165, 1.54) is 0 Å². The van der Waals surface area contributed by atoms with Gasteiger partial charge in [0.15, 0.2) is 0 Å². The van der Waals surface area contributed by atoms with E-state index in [2.05, 4.69) is 28.8 Å². The van der Waals surface area contributed by atoms with Gasteiger partial charge in [-0.15, -0.1) is 0 Å². The predicted molar refractivity (Wildman–Crippen MR) is 59.1 cm³/mol. The molecule has 0 aliphatic carbocycles. The van der Waals surface area contributed by atoms with Gasteiger partial charge in [-0.25, -0.2) is 9.97 Å². The van der Waals surface area contributed by atoms with Gasteiger partial charge in [0.25, 0.3) is 0 Å². The molecule has 0 saturated carbocycles. The van der Waals surface area contributed by atoms with Crippen LogP contribution < -0.4 is 0 Å². The van der Waals surface area contributed by atoms with Crippen molar-refractivity contribution in [2.75, 3.05) is 0 Å². The van der Waals surface area contributed by atoms with Crippen molar-refractivity contribution < 1.29 is 0 Å². The normalized spacial score (nSPS) is 11.5. The molecule has 0 bridgehead atoms. The van der Waals surface area contributed by atoms with Gasteiger partial charge < -0.3 is 0 Å². The molecule has 3 heteroatoms. The number of aliphatic imine (C=N–C) groups is 1. The molecule has 0 N–H and O–H groups in total. The molecule has 1 aromatic rings. The Labute approximate surface area is 85.3 Å². The molecule has 1 aromatic heterocycles. The minimum Gasteiger partial charge on any atom is -0.258 e. The maximum atomic E-state index is 4.31. The second kappa shape index (κ2) is 4.84. The average Bonchev–Trinajstić information content (AvgIpc) is 2.10. The van der Waals surface area contributed by atoms with Crippen LogP contribution in [-0.4, -0.2) is 16.2 Å². The van der Waals surface area contributed by atoms with Gasteiger partial charge in [-0.3, -0.25) is 4.99 Å². The first-order chi connectivity index (χ1) is 6.65. The third-order valence-corrected chi connectivity index (χ3v) is 1.94. The van der Waals surface area contributed by atoms with E-state index < -0.39 is 0 Å². The first-order valence-electron chi connectivity index (χ1n) is 4.94. The Hall–Kier alpha value is -1.25. The summed E-state index contributed by atoms with van der Waals surface area (Å²) in [5.41, 5.74) is 2.93. The molecule has 0 atom stereocenters. The summed E-state index contributed by atoms with van der Waals surface area (Å²) < 4.78 is 0. The van der Waals surface area contributed by atoms with Crippen molar-refractivity contribution in [3.63, 3.8) is 0 Å². The SMILES string of the molecule is CC=Nc1c(C)ncnc1CC(C)C. The van der Waals surface area contributed by atoms with E-state index in [1.807, 2.05) is 13.8 Å². The minimum absolute atomic E-state index is 0.593. The summed E-state index contributed by atoms with van der Waals surface area (Å²) in [6.07, 6.45) is 4.35. The van der Waals surface area contributed by atoms with Crippen LogP contribution in [0.2, 0.25) is 0 Å². The van der Waals surface area contributed by atoms with Crippen LogP contribution >= 0.6 is 0 Å². The summed E-state index contributed by atoms with van der Waals surface area (Å²) >= 11 is 0. The first kappa shape index (κ1) is 10.8. The predicted octanol–water partition coefficient (Wildman–Crippen LogP) is 2.71. The van der Waals surface area contributed by atoms with Crippen LogP contribution in [0, 0.1) is 12.8 Å². The molecule has 0 spiro atoms. The number of hydrogen-bond donors (Lipinski definition) is 0. The Morgan fingerprint density at radius 1 is 1.43 bits per heavy atom. The van der Waals surface area contributed by atoms with Crippen LogP contribution in [0.5, 0.6) is 0 Å². The second-order valence-corrected chi connectivity index (χ2v) is 3.74. The van der Waals surface area contributed by atoms with Gasteiger partial charge in [-0.2, -0.15) is 0 Å². The zero-order chi connectivity index (χ0) is 10.6. The second-order valence-electron chi connectivity index (χ2n) is 3.74. The maximum Gasteiger partial charge on any atom is 0.116 e. The van der Waals surface area contributed by atoms with Gasteiger partial charge in [0.2, 0.25) is 0 Å². The van der Waals surface area contributed by atoms with Gasteiger partial charge in [-0.1, -0.05) is 13.8 Å². The quantitative estimate of drug-likeness (QED) is 0.689. The first-order valence-corrected chi connectivity index (χ1v) is 4.94. The molecule has 0 radical (unpaired) electrons. The van der Waals surface area contributed by atoms with Crippen molar-refractivity contribution in [3.05, 3.63) is 17.7 Å². The van der Waals surface area contributed by atoms with Crippen LogP contribution in [0.3, 0.4) is 0 Å². The van der Waals surface area contributed by atoms with Crippen molar-refractivity contribution >= 4 is 11.9 Å². The molecule has 76 valence electrons. The summed E-state index contributed by atoms with van der Waals surface area (Å²) in [7, 11) is 0. The molecule has 3 nitrogen and oxygen atoms in total. The lowest BCUT2D eigenvalue weighted by Crippen LogP contribution is -2.00. The van der Waals surface area contributed by atoms with E-state index in [1.54, 1.807) is 12.5 Å². The summed E-state index contributed by atoms with van der Waals surface area (Å²) in [6.45, 7) is 8.23. The zero-order valence-electron chi connectivity index (χ0n) is 9.28. The minimum atomic E-state index is 0.593. The Morgan fingerprint density at radius 2 is 2.14 bits per heavy atom. The fourth-order valence-corrected chi connectivity index (χ4v) is 1.35. The zero-order valence-corrected chi connectivity index (χ0v) is 9.28. The average molecular weight is 191 g/mol.